The van der Waals surface area contributed by atoms with E-state index in [1.165, 1.54) is 26.2 Å². The van der Waals surface area contributed by atoms with E-state index in [9.17, 15) is 14.7 Å². The molecule has 0 aromatic heterocycles. The molecule has 2 aromatic rings. The molecule has 2 aromatic carbocycles. The van der Waals surface area contributed by atoms with Crippen molar-refractivity contribution in [3.05, 3.63) is 59.2 Å². The summed E-state index contributed by atoms with van der Waals surface area (Å²) in [4.78, 5) is 29.6. The van der Waals surface area contributed by atoms with Crippen LogP contribution >= 0.6 is 0 Å². The Balaban J connectivity index is 2.23. The normalized spacial score (nSPS) is 17.7. The molecule has 0 spiro atoms. The SMILES string of the molecule is COc1ccc(C(O)=C2C(=O)C(=O)N(CCN(C)C)C2c2ccccc2OC)c(OC)c1. The zero-order valence-corrected chi connectivity index (χ0v) is 18.9. The molecular formula is C24H28N2O6. The van der Waals surface area contributed by atoms with Crippen LogP contribution in [0.2, 0.25) is 0 Å². The van der Waals surface area contributed by atoms with E-state index < -0.39 is 17.7 Å². The molecule has 0 radical (unpaired) electrons. The minimum Gasteiger partial charge on any atom is -0.507 e. The molecule has 1 aliphatic rings. The van der Waals surface area contributed by atoms with Crippen molar-refractivity contribution in [2.45, 2.75) is 6.04 Å². The number of rotatable bonds is 8. The lowest BCUT2D eigenvalue weighted by atomic mass is 9.94. The smallest absolute Gasteiger partial charge is 0.295 e. The van der Waals surface area contributed by atoms with E-state index in [1.807, 2.05) is 19.0 Å². The number of nitrogens with zero attached hydrogens (tertiary/aromatic N) is 2. The third-order valence-corrected chi connectivity index (χ3v) is 5.43. The molecule has 8 heteroatoms. The maximum absolute atomic E-state index is 13.2. The highest BCUT2D eigenvalue weighted by atomic mass is 16.5. The number of ketones is 1. The number of para-hydroxylation sites is 1. The third-order valence-electron chi connectivity index (χ3n) is 5.43. The molecule has 1 N–H and O–H groups in total. The Morgan fingerprint density at radius 3 is 2.31 bits per heavy atom. The van der Waals surface area contributed by atoms with Gasteiger partial charge in [-0.05, 0) is 32.3 Å². The molecule has 32 heavy (non-hydrogen) atoms. The van der Waals surface area contributed by atoms with Crippen LogP contribution in [0.1, 0.15) is 17.2 Å². The topological polar surface area (TPSA) is 88.5 Å². The highest BCUT2D eigenvalue weighted by Crippen LogP contribution is 2.43. The van der Waals surface area contributed by atoms with Crippen molar-refractivity contribution in [2.75, 3.05) is 48.5 Å². The van der Waals surface area contributed by atoms with Gasteiger partial charge in [-0.2, -0.15) is 0 Å². The summed E-state index contributed by atoms with van der Waals surface area (Å²) >= 11 is 0. The number of carbonyl (C=O) groups is 2. The van der Waals surface area contributed by atoms with E-state index in [0.29, 0.717) is 41.5 Å². The summed E-state index contributed by atoms with van der Waals surface area (Å²) in [5.74, 6) is -0.369. The summed E-state index contributed by atoms with van der Waals surface area (Å²) < 4.78 is 16.1. The van der Waals surface area contributed by atoms with Crippen LogP contribution in [-0.4, -0.2) is 75.1 Å². The first kappa shape index (κ1) is 23.1. The largest absolute Gasteiger partial charge is 0.507 e. The molecule has 1 amide bonds. The third kappa shape index (κ3) is 4.27. The zero-order chi connectivity index (χ0) is 23.4. The highest BCUT2D eigenvalue weighted by molar-refractivity contribution is 6.46. The Morgan fingerprint density at radius 1 is 1.00 bits per heavy atom. The van der Waals surface area contributed by atoms with Crippen LogP contribution in [0.3, 0.4) is 0 Å². The molecule has 8 nitrogen and oxygen atoms in total. The van der Waals surface area contributed by atoms with Gasteiger partial charge < -0.3 is 29.1 Å². The first-order valence-electron chi connectivity index (χ1n) is 10.1. The van der Waals surface area contributed by atoms with Gasteiger partial charge in [-0.3, -0.25) is 9.59 Å². The molecular weight excluding hydrogens is 412 g/mol. The van der Waals surface area contributed by atoms with E-state index in [0.717, 1.165) is 0 Å². The lowest BCUT2D eigenvalue weighted by Crippen LogP contribution is -2.35. The second kappa shape index (κ2) is 9.74. The van der Waals surface area contributed by atoms with Crippen molar-refractivity contribution >= 4 is 17.4 Å². The van der Waals surface area contributed by atoms with Crippen molar-refractivity contribution < 1.29 is 28.9 Å². The molecule has 1 aliphatic heterocycles. The molecule has 170 valence electrons. The average Bonchev–Trinajstić information content (AvgIpc) is 3.06. The number of likely N-dealkylation sites (N-methyl/N-ethyl adjacent to an activating group) is 1. The maximum atomic E-state index is 13.2. The molecule has 1 unspecified atom stereocenters. The lowest BCUT2D eigenvalue weighted by molar-refractivity contribution is -0.140. The van der Waals surface area contributed by atoms with Crippen LogP contribution in [0.4, 0.5) is 0 Å². The van der Waals surface area contributed by atoms with Crippen molar-refractivity contribution in [1.82, 2.24) is 9.80 Å². The van der Waals surface area contributed by atoms with Crippen LogP contribution in [0.15, 0.2) is 48.0 Å². The van der Waals surface area contributed by atoms with Gasteiger partial charge in [-0.1, -0.05) is 18.2 Å². The van der Waals surface area contributed by atoms with E-state index in [-0.39, 0.29) is 11.3 Å². The van der Waals surface area contributed by atoms with Gasteiger partial charge in [0.15, 0.2) is 0 Å². The number of likely N-dealkylation sites (tertiary alicyclic amines) is 1. The van der Waals surface area contributed by atoms with Crippen molar-refractivity contribution in [3.8, 4) is 17.2 Å². The standard InChI is InChI=1S/C24H28N2O6/c1-25(2)12-13-26-21(16-8-6-7-9-18(16)31-4)20(23(28)24(26)29)22(27)17-11-10-15(30-3)14-19(17)32-5/h6-11,14,21,27H,12-13H2,1-5H3. The second-order valence-electron chi connectivity index (χ2n) is 7.60. The molecule has 3 rings (SSSR count). The highest BCUT2D eigenvalue weighted by Gasteiger charge is 2.47. The summed E-state index contributed by atoms with van der Waals surface area (Å²) in [6.45, 7) is 0.849. The van der Waals surface area contributed by atoms with E-state index >= 15 is 0 Å². The first-order valence-corrected chi connectivity index (χ1v) is 10.1. The predicted octanol–water partition coefficient (Wildman–Crippen LogP) is 2.70. The molecule has 1 saturated heterocycles. The summed E-state index contributed by atoms with van der Waals surface area (Å²) in [6, 6.07) is 11.2. The van der Waals surface area contributed by atoms with Crippen molar-refractivity contribution in [3.63, 3.8) is 0 Å². The summed E-state index contributed by atoms with van der Waals surface area (Å²) in [6.07, 6.45) is 0. The van der Waals surface area contributed by atoms with E-state index in [2.05, 4.69) is 0 Å². The van der Waals surface area contributed by atoms with Crippen LogP contribution in [0.25, 0.3) is 5.76 Å². The van der Waals surface area contributed by atoms with Crippen LogP contribution in [0, 0.1) is 0 Å². The lowest BCUT2D eigenvalue weighted by Gasteiger charge is -2.27. The predicted molar refractivity (Wildman–Crippen MR) is 120 cm³/mol. The number of methoxy groups -OCH3 is 3. The molecule has 0 saturated carbocycles. The average molecular weight is 440 g/mol. The first-order chi connectivity index (χ1) is 15.3. The fraction of sp³-hybridized carbons (Fsp3) is 0.333. The van der Waals surface area contributed by atoms with Gasteiger partial charge in [-0.15, -0.1) is 0 Å². The number of aliphatic hydroxyl groups excluding tert-OH is 1. The van der Waals surface area contributed by atoms with Gasteiger partial charge in [0, 0.05) is 24.7 Å². The minimum absolute atomic E-state index is 0.0123. The summed E-state index contributed by atoms with van der Waals surface area (Å²) in [7, 11) is 8.27. The number of carbonyl (C=O) groups excluding carboxylic acids is 2. The van der Waals surface area contributed by atoms with E-state index in [1.54, 1.807) is 42.5 Å². The fourth-order valence-corrected chi connectivity index (χ4v) is 3.77. The maximum Gasteiger partial charge on any atom is 0.295 e. The van der Waals surface area contributed by atoms with Gasteiger partial charge in [0.2, 0.25) is 0 Å². The fourth-order valence-electron chi connectivity index (χ4n) is 3.77. The Kier molecular flexibility index (Phi) is 7.05. The number of amides is 1. The minimum atomic E-state index is -0.807. The van der Waals surface area contributed by atoms with Crippen LogP contribution < -0.4 is 14.2 Å². The monoisotopic (exact) mass is 440 g/mol. The zero-order valence-electron chi connectivity index (χ0n) is 18.9. The van der Waals surface area contributed by atoms with E-state index in [4.69, 9.17) is 14.2 Å². The van der Waals surface area contributed by atoms with Crippen LogP contribution in [0.5, 0.6) is 17.2 Å². The van der Waals surface area contributed by atoms with Gasteiger partial charge in [-0.25, -0.2) is 0 Å². The molecule has 1 atom stereocenters. The van der Waals surface area contributed by atoms with Gasteiger partial charge in [0.05, 0.1) is 38.5 Å². The van der Waals surface area contributed by atoms with Gasteiger partial charge >= 0.3 is 0 Å². The number of hydrogen-bond donors (Lipinski definition) is 1. The second-order valence-corrected chi connectivity index (χ2v) is 7.60. The number of benzene rings is 2. The van der Waals surface area contributed by atoms with Gasteiger partial charge in [0.1, 0.15) is 23.0 Å². The van der Waals surface area contributed by atoms with Crippen molar-refractivity contribution in [2.24, 2.45) is 0 Å². The number of aliphatic hydroxyl groups is 1. The van der Waals surface area contributed by atoms with Crippen LogP contribution in [-0.2, 0) is 9.59 Å². The number of ether oxygens (including phenoxy) is 3. The summed E-state index contributed by atoms with van der Waals surface area (Å²) in [5, 5.41) is 11.3. The van der Waals surface area contributed by atoms with Gasteiger partial charge in [0.25, 0.3) is 11.7 Å². The molecule has 1 heterocycles. The Hall–Kier alpha value is -3.52. The molecule has 0 aliphatic carbocycles. The van der Waals surface area contributed by atoms with Crippen molar-refractivity contribution in [1.29, 1.82) is 0 Å². The number of Topliss-reactive ketones (excluding diaryl/α,β-unsaturated/α-hetero) is 1. The Bertz CT molecular complexity index is 1050. The molecule has 1 fully saturated rings. The summed E-state index contributed by atoms with van der Waals surface area (Å²) in [5.41, 5.74) is 0.891. The Morgan fingerprint density at radius 2 is 1.69 bits per heavy atom. The number of hydrogen-bond acceptors (Lipinski definition) is 7. The molecule has 0 bridgehead atoms. The quantitative estimate of drug-likeness (QED) is 0.384. The Labute approximate surface area is 187 Å².